The van der Waals surface area contributed by atoms with E-state index in [-0.39, 0.29) is 6.03 Å². The lowest BCUT2D eigenvalue weighted by Crippen LogP contribution is -2.44. The van der Waals surface area contributed by atoms with Gasteiger partial charge in [0.15, 0.2) is 5.17 Å². The molecule has 2 amide bonds. The lowest BCUT2D eigenvalue weighted by Gasteiger charge is -2.36. The molecule has 4 rings (SSSR count). The molecular formula is C22H21N5O2S2. The van der Waals surface area contributed by atoms with Crippen molar-refractivity contribution in [3.05, 3.63) is 78.3 Å². The van der Waals surface area contributed by atoms with Crippen molar-refractivity contribution in [2.75, 3.05) is 13.4 Å². The zero-order chi connectivity index (χ0) is 21.8. The molecule has 3 aromatic rings. The normalized spacial score (nSPS) is 14.1. The number of urea groups is 1. The molecule has 0 saturated carbocycles. The molecule has 0 atom stereocenters. The molecule has 0 aliphatic carbocycles. The number of hydrogen-bond donors (Lipinski definition) is 0. The molecule has 0 spiro atoms. The van der Waals surface area contributed by atoms with Gasteiger partial charge in [-0.05, 0) is 46.6 Å². The molecule has 0 saturated heterocycles. The van der Waals surface area contributed by atoms with Gasteiger partial charge in [0.25, 0.3) is 0 Å². The van der Waals surface area contributed by atoms with Crippen LogP contribution in [-0.4, -0.2) is 44.0 Å². The Balaban J connectivity index is 1.53. The summed E-state index contributed by atoms with van der Waals surface area (Å²) in [6.07, 6.45) is 3.65. The van der Waals surface area contributed by atoms with Crippen LogP contribution >= 0.6 is 23.3 Å². The van der Waals surface area contributed by atoms with Gasteiger partial charge in [-0.2, -0.15) is 4.99 Å². The summed E-state index contributed by atoms with van der Waals surface area (Å²) >= 11 is 2.78. The quantitative estimate of drug-likeness (QED) is 0.534. The van der Waals surface area contributed by atoms with Gasteiger partial charge in [-0.25, -0.2) is 4.79 Å². The summed E-state index contributed by atoms with van der Waals surface area (Å²) in [5, 5.41) is 4.51. The summed E-state index contributed by atoms with van der Waals surface area (Å²) in [5.74, 6) is 1.41. The number of carbonyl (C=O) groups is 1. The highest BCUT2D eigenvalue weighted by atomic mass is 32.2. The van der Waals surface area contributed by atoms with Gasteiger partial charge in [0.05, 0.1) is 31.3 Å². The van der Waals surface area contributed by atoms with Gasteiger partial charge in [0.1, 0.15) is 11.6 Å². The molecule has 158 valence electrons. The number of nitrogens with zero attached hydrogens (tertiary/aromatic N) is 5. The van der Waals surface area contributed by atoms with Crippen LogP contribution in [0.3, 0.4) is 0 Å². The molecule has 31 heavy (non-hydrogen) atoms. The van der Waals surface area contributed by atoms with Crippen molar-refractivity contribution in [3.8, 4) is 16.2 Å². The van der Waals surface area contributed by atoms with Crippen molar-refractivity contribution in [1.29, 1.82) is 0 Å². The molecule has 7 nitrogen and oxygen atoms in total. The van der Waals surface area contributed by atoms with Gasteiger partial charge < -0.3 is 9.64 Å². The molecule has 1 aliphatic rings. The van der Waals surface area contributed by atoms with E-state index in [0.29, 0.717) is 24.1 Å². The van der Waals surface area contributed by atoms with Gasteiger partial charge in [-0.3, -0.25) is 4.90 Å². The highest BCUT2D eigenvalue weighted by Gasteiger charge is 2.30. The number of amidine groups is 1. The van der Waals surface area contributed by atoms with Crippen LogP contribution in [0.4, 0.5) is 4.79 Å². The SMILES string of the molecule is C=C1N(Cc2ccc(-c3cnns3)cc2)C(=O)N=C(SC)N1Cc1ccc(OC)cc1. The van der Waals surface area contributed by atoms with Crippen LogP contribution in [0.2, 0.25) is 0 Å². The molecule has 0 bridgehead atoms. The highest BCUT2D eigenvalue weighted by Crippen LogP contribution is 2.28. The fourth-order valence-electron chi connectivity index (χ4n) is 3.21. The van der Waals surface area contributed by atoms with E-state index in [0.717, 1.165) is 27.3 Å². The summed E-state index contributed by atoms with van der Waals surface area (Å²) in [4.78, 5) is 21.6. The monoisotopic (exact) mass is 451 g/mol. The molecule has 0 radical (unpaired) electrons. The molecule has 1 aromatic heterocycles. The number of thioether (sulfide) groups is 1. The smallest absolute Gasteiger partial charge is 0.351 e. The number of hydrogen-bond acceptors (Lipinski definition) is 7. The summed E-state index contributed by atoms with van der Waals surface area (Å²) in [5.41, 5.74) is 3.11. The van der Waals surface area contributed by atoms with Crippen molar-refractivity contribution < 1.29 is 9.53 Å². The summed E-state index contributed by atoms with van der Waals surface area (Å²) in [7, 11) is 1.64. The fraction of sp³-hybridized carbons (Fsp3) is 0.182. The number of carbonyl (C=O) groups excluding carboxylic acids is 1. The average Bonchev–Trinajstić information content (AvgIpc) is 3.34. The number of aromatic nitrogens is 2. The predicted molar refractivity (Wildman–Crippen MR) is 125 cm³/mol. The Bertz CT molecular complexity index is 1100. The first-order valence-electron chi connectivity index (χ1n) is 9.49. The van der Waals surface area contributed by atoms with Crippen LogP contribution in [0.1, 0.15) is 11.1 Å². The van der Waals surface area contributed by atoms with Gasteiger partial charge in [0.2, 0.25) is 0 Å². The van der Waals surface area contributed by atoms with Gasteiger partial charge in [-0.15, -0.1) is 5.10 Å². The second-order valence-corrected chi connectivity index (χ2v) is 8.36. The second-order valence-electron chi connectivity index (χ2n) is 6.80. The van der Waals surface area contributed by atoms with Crippen molar-refractivity contribution >= 4 is 34.5 Å². The lowest BCUT2D eigenvalue weighted by atomic mass is 10.1. The summed E-state index contributed by atoms with van der Waals surface area (Å²) < 4.78 is 9.13. The molecule has 0 fully saturated rings. The first kappa shape index (κ1) is 21.1. The van der Waals surface area contributed by atoms with E-state index in [4.69, 9.17) is 4.74 Å². The van der Waals surface area contributed by atoms with E-state index in [1.165, 1.54) is 23.3 Å². The van der Waals surface area contributed by atoms with Crippen molar-refractivity contribution in [1.82, 2.24) is 19.4 Å². The van der Waals surface area contributed by atoms with Crippen molar-refractivity contribution in [2.45, 2.75) is 13.1 Å². The van der Waals surface area contributed by atoms with Crippen LogP contribution < -0.4 is 4.74 Å². The third kappa shape index (κ3) is 4.62. The first-order chi connectivity index (χ1) is 15.1. The first-order valence-corrected chi connectivity index (χ1v) is 11.5. The van der Waals surface area contributed by atoms with Gasteiger partial charge in [0, 0.05) is 0 Å². The molecule has 9 heteroatoms. The van der Waals surface area contributed by atoms with Crippen molar-refractivity contribution in [3.63, 3.8) is 0 Å². The fourth-order valence-corrected chi connectivity index (χ4v) is 4.29. The number of amides is 2. The van der Waals surface area contributed by atoms with Crippen molar-refractivity contribution in [2.24, 2.45) is 4.99 Å². The van der Waals surface area contributed by atoms with Crippen LogP contribution in [0.5, 0.6) is 5.75 Å². The zero-order valence-electron chi connectivity index (χ0n) is 17.2. The van der Waals surface area contributed by atoms with Crippen LogP contribution in [0.25, 0.3) is 10.4 Å². The van der Waals surface area contributed by atoms with Crippen LogP contribution in [-0.2, 0) is 13.1 Å². The maximum Gasteiger partial charge on any atom is 0.351 e. The topological polar surface area (TPSA) is 70.9 Å². The minimum absolute atomic E-state index is 0.309. The van der Waals surface area contributed by atoms with Crippen LogP contribution in [0, 0.1) is 0 Å². The maximum atomic E-state index is 12.7. The number of benzene rings is 2. The Morgan fingerprint density at radius 3 is 2.26 bits per heavy atom. The largest absolute Gasteiger partial charge is 0.497 e. The van der Waals surface area contributed by atoms with E-state index in [9.17, 15) is 4.79 Å². The summed E-state index contributed by atoms with van der Waals surface area (Å²) in [6, 6.07) is 15.5. The average molecular weight is 452 g/mol. The minimum Gasteiger partial charge on any atom is -0.497 e. The van der Waals surface area contributed by atoms with E-state index < -0.39 is 0 Å². The third-order valence-electron chi connectivity index (χ3n) is 4.90. The van der Waals surface area contributed by atoms with E-state index in [1.54, 1.807) is 18.2 Å². The zero-order valence-corrected chi connectivity index (χ0v) is 18.8. The Morgan fingerprint density at radius 1 is 1.03 bits per heavy atom. The molecule has 2 heterocycles. The molecule has 2 aromatic carbocycles. The van der Waals surface area contributed by atoms with Crippen LogP contribution in [0.15, 0.2) is 72.1 Å². The number of aliphatic imine (C=N–C) groups is 1. The Hall–Kier alpha value is -3.17. The molecule has 0 unspecified atom stereocenters. The Morgan fingerprint density at radius 2 is 1.68 bits per heavy atom. The molecule has 0 N–H and O–H groups in total. The Kier molecular flexibility index (Phi) is 6.34. The second kappa shape index (κ2) is 9.32. The molecular weight excluding hydrogens is 430 g/mol. The minimum atomic E-state index is -0.309. The van der Waals surface area contributed by atoms with E-state index in [2.05, 4.69) is 21.2 Å². The molecule has 1 aliphatic heterocycles. The summed E-state index contributed by atoms with van der Waals surface area (Å²) in [6.45, 7) is 5.16. The van der Waals surface area contributed by atoms with E-state index in [1.807, 2.05) is 59.7 Å². The number of methoxy groups -OCH3 is 1. The third-order valence-corrected chi connectivity index (χ3v) is 6.29. The lowest BCUT2D eigenvalue weighted by molar-refractivity contribution is 0.200. The maximum absolute atomic E-state index is 12.7. The number of rotatable bonds is 6. The highest BCUT2D eigenvalue weighted by molar-refractivity contribution is 8.13. The number of ether oxygens (including phenoxy) is 1. The Labute approximate surface area is 189 Å². The predicted octanol–water partition coefficient (Wildman–Crippen LogP) is 4.84. The standard InChI is InChI=1S/C22H21N5O2S2/c1-15-26(13-16-4-8-18(9-5-16)20-12-23-25-31-20)21(28)24-22(30-3)27(15)14-17-6-10-19(29-2)11-7-17/h4-12H,1,13-14H2,2-3H3. The van der Waals surface area contributed by atoms with Gasteiger partial charge >= 0.3 is 6.03 Å². The van der Waals surface area contributed by atoms with E-state index >= 15 is 0 Å². The van der Waals surface area contributed by atoms with Gasteiger partial charge in [-0.1, -0.05) is 59.2 Å².